The van der Waals surface area contributed by atoms with Crippen molar-refractivity contribution in [3.8, 4) is 0 Å². The standard InChI is InChI=1S/C23H32O6/c1-16(2)11-13-26-17(3)20-21(25-4)19(10-12-23(20)27-14-15-28-23)29-22(24)18-8-6-5-7-9-18/h5-9,11,17,19-21H,10,12-15H2,1-4H3/t17-,19+,20-,21+/m0/s1. The fourth-order valence-corrected chi connectivity index (χ4v) is 4.26. The fourth-order valence-electron chi connectivity index (χ4n) is 4.26. The van der Waals surface area contributed by atoms with Crippen LogP contribution in [-0.2, 0) is 23.7 Å². The zero-order valence-electron chi connectivity index (χ0n) is 17.8. The van der Waals surface area contributed by atoms with E-state index in [1.807, 2.05) is 45.0 Å². The molecule has 0 N–H and O–H groups in total. The summed E-state index contributed by atoms with van der Waals surface area (Å²) in [6.07, 6.45) is 2.28. The molecule has 1 spiro atoms. The lowest BCUT2D eigenvalue weighted by Crippen LogP contribution is -2.59. The van der Waals surface area contributed by atoms with Crippen molar-refractivity contribution in [1.29, 1.82) is 0 Å². The van der Waals surface area contributed by atoms with Gasteiger partial charge < -0.3 is 23.7 Å². The first-order valence-electron chi connectivity index (χ1n) is 10.3. The molecular formula is C23H32O6. The summed E-state index contributed by atoms with van der Waals surface area (Å²) in [6.45, 7) is 7.67. The second-order valence-corrected chi connectivity index (χ2v) is 7.90. The molecule has 2 fully saturated rings. The molecule has 2 aliphatic rings. The second kappa shape index (κ2) is 9.85. The summed E-state index contributed by atoms with van der Waals surface area (Å²) in [4.78, 5) is 12.6. The number of benzene rings is 1. The lowest BCUT2D eigenvalue weighted by atomic mass is 9.76. The number of methoxy groups -OCH3 is 1. The van der Waals surface area contributed by atoms with Crippen LogP contribution in [0.15, 0.2) is 42.0 Å². The Morgan fingerprint density at radius 1 is 1.24 bits per heavy atom. The summed E-state index contributed by atoms with van der Waals surface area (Å²) in [7, 11) is 1.64. The first kappa shape index (κ1) is 22.0. The van der Waals surface area contributed by atoms with Gasteiger partial charge in [0.15, 0.2) is 5.79 Å². The molecule has 160 valence electrons. The Hall–Kier alpha value is -1.73. The van der Waals surface area contributed by atoms with Gasteiger partial charge in [-0.2, -0.15) is 0 Å². The molecule has 1 saturated heterocycles. The van der Waals surface area contributed by atoms with Crippen molar-refractivity contribution in [2.24, 2.45) is 5.92 Å². The Labute approximate surface area is 173 Å². The fraction of sp³-hybridized carbons (Fsp3) is 0.609. The quantitative estimate of drug-likeness (QED) is 0.509. The van der Waals surface area contributed by atoms with E-state index in [1.165, 1.54) is 5.57 Å². The summed E-state index contributed by atoms with van der Waals surface area (Å²) >= 11 is 0. The maximum Gasteiger partial charge on any atom is 0.338 e. The average molecular weight is 405 g/mol. The number of hydrogen-bond donors (Lipinski definition) is 0. The SMILES string of the molecule is CO[C@H]1[C@H]([C@H](C)OCC=C(C)C)C2(CC[C@H]1OC(=O)c1ccccc1)OCCO2. The number of rotatable bonds is 7. The van der Waals surface area contributed by atoms with Gasteiger partial charge in [-0.25, -0.2) is 4.79 Å². The van der Waals surface area contributed by atoms with E-state index in [0.29, 0.717) is 38.2 Å². The Kier molecular flexibility index (Phi) is 7.46. The molecule has 4 atom stereocenters. The molecule has 1 heterocycles. The zero-order chi connectivity index (χ0) is 20.9. The van der Waals surface area contributed by atoms with E-state index in [9.17, 15) is 4.79 Å². The lowest BCUT2D eigenvalue weighted by molar-refractivity contribution is -0.279. The molecule has 1 aromatic carbocycles. The van der Waals surface area contributed by atoms with Crippen molar-refractivity contribution in [2.75, 3.05) is 26.9 Å². The van der Waals surface area contributed by atoms with E-state index in [4.69, 9.17) is 23.7 Å². The average Bonchev–Trinajstić information content (AvgIpc) is 3.18. The monoisotopic (exact) mass is 404 g/mol. The lowest BCUT2D eigenvalue weighted by Gasteiger charge is -2.48. The van der Waals surface area contributed by atoms with Crippen molar-refractivity contribution < 1.29 is 28.5 Å². The minimum atomic E-state index is -0.763. The smallest absolute Gasteiger partial charge is 0.338 e. The molecule has 1 aliphatic carbocycles. The number of esters is 1. The molecule has 0 unspecified atom stereocenters. The Morgan fingerprint density at radius 2 is 1.93 bits per heavy atom. The van der Waals surface area contributed by atoms with E-state index in [0.717, 1.165) is 0 Å². The minimum Gasteiger partial charge on any atom is -0.456 e. The maximum absolute atomic E-state index is 12.6. The van der Waals surface area contributed by atoms with Crippen LogP contribution in [0.2, 0.25) is 0 Å². The van der Waals surface area contributed by atoms with E-state index in [1.54, 1.807) is 19.2 Å². The Bertz CT molecular complexity index is 691. The van der Waals surface area contributed by atoms with Crippen molar-refractivity contribution in [1.82, 2.24) is 0 Å². The van der Waals surface area contributed by atoms with E-state index in [-0.39, 0.29) is 18.0 Å². The predicted octanol–water partition coefficient (Wildman–Crippen LogP) is 3.75. The normalized spacial score (nSPS) is 26.8. The van der Waals surface area contributed by atoms with Crippen LogP contribution in [-0.4, -0.2) is 57.0 Å². The van der Waals surface area contributed by atoms with Gasteiger partial charge in [0.25, 0.3) is 0 Å². The van der Waals surface area contributed by atoms with Gasteiger partial charge in [0.1, 0.15) is 12.2 Å². The summed E-state index contributed by atoms with van der Waals surface area (Å²) < 4.78 is 30.0. The van der Waals surface area contributed by atoms with Gasteiger partial charge in [-0.3, -0.25) is 0 Å². The van der Waals surface area contributed by atoms with Crippen LogP contribution in [0.3, 0.4) is 0 Å². The first-order chi connectivity index (χ1) is 14.0. The van der Waals surface area contributed by atoms with Gasteiger partial charge >= 0.3 is 5.97 Å². The molecule has 6 heteroatoms. The van der Waals surface area contributed by atoms with Crippen molar-refractivity contribution >= 4 is 5.97 Å². The minimum absolute atomic E-state index is 0.202. The van der Waals surface area contributed by atoms with Gasteiger partial charge in [0.05, 0.1) is 37.4 Å². The molecule has 1 saturated carbocycles. The third-order valence-electron chi connectivity index (χ3n) is 5.68. The van der Waals surface area contributed by atoms with Crippen LogP contribution in [0.25, 0.3) is 0 Å². The van der Waals surface area contributed by atoms with Crippen molar-refractivity contribution in [3.63, 3.8) is 0 Å². The summed E-state index contributed by atoms with van der Waals surface area (Å²) in [5, 5.41) is 0. The topological polar surface area (TPSA) is 63.2 Å². The second-order valence-electron chi connectivity index (χ2n) is 7.90. The number of hydrogen-bond acceptors (Lipinski definition) is 6. The third-order valence-corrected chi connectivity index (χ3v) is 5.68. The molecule has 6 nitrogen and oxygen atoms in total. The van der Waals surface area contributed by atoms with E-state index >= 15 is 0 Å². The number of carbonyl (C=O) groups excluding carboxylic acids is 1. The van der Waals surface area contributed by atoms with E-state index in [2.05, 4.69) is 0 Å². The summed E-state index contributed by atoms with van der Waals surface area (Å²) in [5.74, 6) is -1.33. The number of carbonyl (C=O) groups is 1. The van der Waals surface area contributed by atoms with Crippen LogP contribution in [0, 0.1) is 5.92 Å². The van der Waals surface area contributed by atoms with Crippen molar-refractivity contribution in [2.45, 2.75) is 57.7 Å². The van der Waals surface area contributed by atoms with Gasteiger partial charge in [-0.1, -0.05) is 29.8 Å². The van der Waals surface area contributed by atoms with E-state index < -0.39 is 18.0 Å². The molecule has 1 aliphatic heterocycles. The van der Waals surface area contributed by atoms with Crippen LogP contribution in [0.1, 0.15) is 44.0 Å². The molecule has 29 heavy (non-hydrogen) atoms. The molecule has 1 aromatic rings. The summed E-state index contributed by atoms with van der Waals surface area (Å²) in [5.41, 5.74) is 1.72. The third kappa shape index (κ3) is 5.07. The van der Waals surface area contributed by atoms with Gasteiger partial charge in [0.2, 0.25) is 0 Å². The molecular weight excluding hydrogens is 372 g/mol. The number of allylic oxidation sites excluding steroid dienone is 1. The Balaban J connectivity index is 1.78. The highest BCUT2D eigenvalue weighted by Crippen LogP contribution is 2.45. The highest BCUT2D eigenvalue weighted by molar-refractivity contribution is 5.89. The van der Waals surface area contributed by atoms with Gasteiger partial charge in [-0.05, 0) is 39.3 Å². The Morgan fingerprint density at radius 3 is 2.55 bits per heavy atom. The predicted molar refractivity (Wildman–Crippen MR) is 109 cm³/mol. The van der Waals surface area contributed by atoms with Crippen LogP contribution in [0.5, 0.6) is 0 Å². The largest absolute Gasteiger partial charge is 0.456 e. The van der Waals surface area contributed by atoms with Crippen LogP contribution < -0.4 is 0 Å². The number of ether oxygens (including phenoxy) is 5. The molecule has 0 bridgehead atoms. The van der Waals surface area contributed by atoms with Gasteiger partial charge in [0, 0.05) is 13.5 Å². The van der Waals surface area contributed by atoms with Gasteiger partial charge in [-0.15, -0.1) is 0 Å². The summed E-state index contributed by atoms with van der Waals surface area (Å²) in [6, 6.07) is 9.01. The first-order valence-corrected chi connectivity index (χ1v) is 10.3. The molecule has 0 amide bonds. The highest BCUT2D eigenvalue weighted by Gasteiger charge is 2.57. The van der Waals surface area contributed by atoms with Crippen LogP contribution >= 0.6 is 0 Å². The molecule has 0 aromatic heterocycles. The molecule has 3 rings (SSSR count). The molecule has 0 radical (unpaired) electrons. The maximum atomic E-state index is 12.6. The van der Waals surface area contributed by atoms with Crippen LogP contribution in [0.4, 0.5) is 0 Å². The highest BCUT2D eigenvalue weighted by atomic mass is 16.7. The van der Waals surface area contributed by atoms with Crippen molar-refractivity contribution in [3.05, 3.63) is 47.5 Å². The zero-order valence-corrected chi connectivity index (χ0v) is 17.8.